The average molecular weight is 336 g/mol. The first-order valence-electron chi connectivity index (χ1n) is 6.95. The van der Waals surface area contributed by atoms with Gasteiger partial charge in [0.2, 0.25) is 0 Å². The van der Waals surface area contributed by atoms with E-state index >= 15 is 0 Å². The van der Waals surface area contributed by atoms with Gasteiger partial charge in [-0.25, -0.2) is 13.6 Å². The maximum absolute atomic E-state index is 14.2. The molecule has 3 nitrogen and oxygen atoms in total. The molecular weight excluding hydrogens is 324 g/mol. The number of benzene rings is 2. The van der Waals surface area contributed by atoms with Crippen molar-refractivity contribution in [3.8, 4) is 11.1 Å². The van der Waals surface area contributed by atoms with Gasteiger partial charge in [0.15, 0.2) is 0 Å². The topological polar surface area (TPSA) is 42.1 Å². The second-order valence-corrected chi connectivity index (χ2v) is 5.32. The van der Waals surface area contributed by atoms with Gasteiger partial charge in [0.05, 0.1) is 12.2 Å². The van der Waals surface area contributed by atoms with Crippen LogP contribution in [0.2, 0.25) is 5.02 Å². The fourth-order valence-electron chi connectivity index (χ4n) is 2.52. The van der Waals surface area contributed by atoms with Gasteiger partial charge in [-0.3, -0.25) is 0 Å². The molecule has 0 bridgehead atoms. The Morgan fingerprint density at radius 1 is 1.17 bits per heavy atom. The quantitative estimate of drug-likeness (QED) is 0.689. The summed E-state index contributed by atoms with van der Waals surface area (Å²) in [6, 6.07) is 8.35. The molecule has 0 fully saturated rings. The van der Waals surface area contributed by atoms with Crippen molar-refractivity contribution in [1.82, 2.24) is 4.98 Å². The number of carbonyl (C=O) groups is 1. The number of aromatic nitrogens is 1. The van der Waals surface area contributed by atoms with Crippen LogP contribution in [-0.4, -0.2) is 17.6 Å². The highest BCUT2D eigenvalue weighted by Crippen LogP contribution is 2.37. The Balaban J connectivity index is 2.38. The molecule has 118 valence electrons. The lowest BCUT2D eigenvalue weighted by Crippen LogP contribution is -2.07. The molecule has 6 heteroatoms. The van der Waals surface area contributed by atoms with E-state index in [0.29, 0.717) is 15.9 Å². The third-order valence-electron chi connectivity index (χ3n) is 3.45. The number of esters is 1. The van der Waals surface area contributed by atoms with E-state index in [-0.39, 0.29) is 23.4 Å². The van der Waals surface area contributed by atoms with Crippen LogP contribution in [0.4, 0.5) is 8.78 Å². The molecule has 0 aliphatic carbocycles. The second kappa shape index (κ2) is 6.01. The smallest absolute Gasteiger partial charge is 0.355 e. The predicted octanol–water partition coefficient (Wildman–Crippen LogP) is 4.94. The van der Waals surface area contributed by atoms with Crippen molar-refractivity contribution in [1.29, 1.82) is 0 Å². The molecule has 0 spiro atoms. The predicted molar refractivity (Wildman–Crippen MR) is 84.6 cm³/mol. The molecular formula is C17H12ClF2NO2. The van der Waals surface area contributed by atoms with Crippen molar-refractivity contribution in [3.05, 3.63) is 58.7 Å². The second-order valence-electron chi connectivity index (χ2n) is 4.88. The summed E-state index contributed by atoms with van der Waals surface area (Å²) in [7, 11) is 0. The minimum absolute atomic E-state index is 0.00637. The van der Waals surface area contributed by atoms with Crippen molar-refractivity contribution < 1.29 is 18.3 Å². The van der Waals surface area contributed by atoms with Crippen LogP contribution >= 0.6 is 11.6 Å². The van der Waals surface area contributed by atoms with Crippen LogP contribution in [0, 0.1) is 11.6 Å². The molecule has 0 atom stereocenters. The van der Waals surface area contributed by atoms with Crippen LogP contribution in [-0.2, 0) is 4.74 Å². The van der Waals surface area contributed by atoms with Gasteiger partial charge in [-0.15, -0.1) is 0 Å². The van der Waals surface area contributed by atoms with Gasteiger partial charge in [0.1, 0.15) is 17.3 Å². The summed E-state index contributed by atoms with van der Waals surface area (Å²) in [5.74, 6) is -2.22. The lowest BCUT2D eigenvalue weighted by atomic mass is 10.0. The van der Waals surface area contributed by atoms with Gasteiger partial charge < -0.3 is 9.72 Å². The molecule has 0 saturated heterocycles. The molecule has 0 amide bonds. The molecule has 0 aliphatic rings. The summed E-state index contributed by atoms with van der Waals surface area (Å²) in [5, 5.41) is 0.842. The van der Waals surface area contributed by atoms with E-state index in [0.717, 1.165) is 12.1 Å². The van der Waals surface area contributed by atoms with E-state index in [1.807, 2.05) is 0 Å². The first-order chi connectivity index (χ1) is 11.0. The van der Waals surface area contributed by atoms with Gasteiger partial charge in [-0.1, -0.05) is 17.7 Å². The minimum Gasteiger partial charge on any atom is -0.461 e. The van der Waals surface area contributed by atoms with E-state index in [4.69, 9.17) is 16.3 Å². The first-order valence-corrected chi connectivity index (χ1v) is 7.33. The Morgan fingerprint density at radius 3 is 2.52 bits per heavy atom. The van der Waals surface area contributed by atoms with Crippen molar-refractivity contribution in [2.45, 2.75) is 6.92 Å². The number of hydrogen-bond acceptors (Lipinski definition) is 2. The monoisotopic (exact) mass is 335 g/mol. The molecule has 1 aromatic heterocycles. The molecule has 0 radical (unpaired) electrons. The molecule has 1 heterocycles. The summed E-state index contributed by atoms with van der Waals surface area (Å²) < 4.78 is 33.4. The van der Waals surface area contributed by atoms with Gasteiger partial charge in [0.25, 0.3) is 0 Å². The highest BCUT2D eigenvalue weighted by molar-refractivity contribution is 6.31. The van der Waals surface area contributed by atoms with E-state index < -0.39 is 17.6 Å². The summed E-state index contributed by atoms with van der Waals surface area (Å²) in [6.07, 6.45) is 0. The van der Waals surface area contributed by atoms with E-state index in [2.05, 4.69) is 4.98 Å². The van der Waals surface area contributed by atoms with Crippen molar-refractivity contribution in [2.75, 3.05) is 6.61 Å². The average Bonchev–Trinajstić information content (AvgIpc) is 2.86. The van der Waals surface area contributed by atoms with Gasteiger partial charge in [0, 0.05) is 21.5 Å². The van der Waals surface area contributed by atoms with Gasteiger partial charge >= 0.3 is 5.97 Å². The summed E-state index contributed by atoms with van der Waals surface area (Å²) in [4.78, 5) is 15.0. The van der Waals surface area contributed by atoms with Crippen LogP contribution < -0.4 is 0 Å². The molecule has 3 rings (SSSR count). The number of halogens is 3. The number of aromatic amines is 1. The van der Waals surface area contributed by atoms with Crippen molar-refractivity contribution in [3.63, 3.8) is 0 Å². The standard InChI is InChI=1S/C17H12ClF2NO2/c1-2-23-17(22)16-14(15-11(19)4-3-5-12(15)20)10-8-9(18)6-7-13(10)21-16/h3-8,21H,2H2,1H3. The number of H-pyrrole nitrogens is 1. The number of carbonyl (C=O) groups excluding carboxylic acids is 1. The fraction of sp³-hybridized carbons (Fsp3) is 0.118. The lowest BCUT2D eigenvalue weighted by Gasteiger charge is -2.07. The summed E-state index contributed by atoms with van der Waals surface area (Å²) in [5.41, 5.74) is 0.351. The Labute approximate surface area is 135 Å². The Kier molecular flexibility index (Phi) is 4.05. The van der Waals surface area contributed by atoms with E-state index in [1.54, 1.807) is 25.1 Å². The lowest BCUT2D eigenvalue weighted by molar-refractivity contribution is 0.0521. The largest absolute Gasteiger partial charge is 0.461 e. The zero-order valence-corrected chi connectivity index (χ0v) is 12.9. The van der Waals surface area contributed by atoms with E-state index in [1.165, 1.54) is 6.07 Å². The zero-order chi connectivity index (χ0) is 16.6. The number of ether oxygens (including phenoxy) is 1. The maximum atomic E-state index is 14.2. The fourth-order valence-corrected chi connectivity index (χ4v) is 2.69. The number of hydrogen-bond donors (Lipinski definition) is 1. The Bertz CT molecular complexity index is 885. The molecule has 2 aromatic carbocycles. The van der Waals surface area contributed by atoms with Gasteiger partial charge in [-0.05, 0) is 37.3 Å². The molecule has 1 N–H and O–H groups in total. The Morgan fingerprint density at radius 2 is 1.87 bits per heavy atom. The van der Waals surface area contributed by atoms with Crippen LogP contribution in [0.25, 0.3) is 22.0 Å². The highest BCUT2D eigenvalue weighted by Gasteiger charge is 2.24. The SMILES string of the molecule is CCOC(=O)c1[nH]c2ccc(Cl)cc2c1-c1c(F)cccc1F. The molecule has 23 heavy (non-hydrogen) atoms. The normalized spacial score (nSPS) is 11.0. The summed E-state index contributed by atoms with van der Waals surface area (Å²) in [6.45, 7) is 1.80. The summed E-state index contributed by atoms with van der Waals surface area (Å²) >= 11 is 5.99. The third-order valence-corrected chi connectivity index (χ3v) is 3.69. The third kappa shape index (κ3) is 2.68. The maximum Gasteiger partial charge on any atom is 0.355 e. The number of rotatable bonds is 3. The van der Waals surface area contributed by atoms with Crippen molar-refractivity contribution >= 4 is 28.5 Å². The van der Waals surface area contributed by atoms with E-state index in [9.17, 15) is 13.6 Å². The van der Waals surface area contributed by atoms with Crippen LogP contribution in [0.1, 0.15) is 17.4 Å². The number of nitrogens with one attached hydrogen (secondary N) is 1. The zero-order valence-electron chi connectivity index (χ0n) is 12.1. The minimum atomic E-state index is -0.767. The molecule has 0 unspecified atom stereocenters. The van der Waals surface area contributed by atoms with Gasteiger partial charge in [-0.2, -0.15) is 0 Å². The van der Waals surface area contributed by atoms with Crippen LogP contribution in [0.5, 0.6) is 0 Å². The number of fused-ring (bicyclic) bond motifs is 1. The highest BCUT2D eigenvalue weighted by atomic mass is 35.5. The molecule has 0 aliphatic heterocycles. The molecule has 3 aromatic rings. The molecule has 0 saturated carbocycles. The van der Waals surface area contributed by atoms with Crippen LogP contribution in [0.15, 0.2) is 36.4 Å². The van der Waals surface area contributed by atoms with Crippen LogP contribution in [0.3, 0.4) is 0 Å². The first kappa shape index (κ1) is 15.5. The van der Waals surface area contributed by atoms with Crippen molar-refractivity contribution in [2.24, 2.45) is 0 Å². The Hall–Kier alpha value is -2.40.